The maximum Gasteiger partial charge on any atom is 0.335 e. The molecule has 2 aliphatic rings. The van der Waals surface area contributed by atoms with Crippen LogP contribution in [0.3, 0.4) is 0 Å². The second-order valence-electron chi connectivity index (χ2n) is 6.54. The predicted molar refractivity (Wildman–Crippen MR) is 87.3 cm³/mol. The van der Waals surface area contributed by atoms with Crippen LogP contribution >= 0.6 is 0 Å². The maximum absolute atomic E-state index is 11.7. The molecule has 1 aromatic carbocycles. The molecule has 6 heteroatoms. The van der Waals surface area contributed by atoms with Crippen molar-refractivity contribution in [2.75, 3.05) is 6.54 Å². The molecule has 1 saturated carbocycles. The Bertz CT molecular complexity index is 836. The maximum atomic E-state index is 11.7. The van der Waals surface area contributed by atoms with Crippen molar-refractivity contribution in [3.8, 4) is 5.69 Å². The van der Waals surface area contributed by atoms with Crippen LogP contribution in [-0.4, -0.2) is 38.2 Å². The highest BCUT2D eigenvalue weighted by molar-refractivity contribution is 5.88. The Morgan fingerprint density at radius 3 is 2.75 bits per heavy atom. The zero-order valence-electron chi connectivity index (χ0n) is 13.5. The van der Waals surface area contributed by atoms with Gasteiger partial charge in [0.25, 0.3) is 0 Å². The van der Waals surface area contributed by atoms with E-state index in [2.05, 4.69) is 0 Å². The summed E-state index contributed by atoms with van der Waals surface area (Å²) in [7, 11) is 0. The number of carboxylic acid groups (broad SMARTS) is 1. The molecule has 4 rings (SSSR count). The average Bonchev–Trinajstić information content (AvgIpc) is 3.35. The van der Waals surface area contributed by atoms with Crippen molar-refractivity contribution in [1.82, 2.24) is 14.7 Å². The average molecular weight is 325 g/mol. The Labute approximate surface area is 139 Å². The van der Waals surface area contributed by atoms with Gasteiger partial charge >= 0.3 is 5.97 Å². The van der Waals surface area contributed by atoms with Gasteiger partial charge in [-0.05, 0) is 31.0 Å². The van der Waals surface area contributed by atoms with Crippen LogP contribution in [0.1, 0.15) is 53.0 Å². The molecule has 0 unspecified atom stereocenters. The molecule has 2 aromatic rings. The zero-order valence-corrected chi connectivity index (χ0v) is 13.5. The summed E-state index contributed by atoms with van der Waals surface area (Å²) in [5.74, 6) is -0.374. The summed E-state index contributed by atoms with van der Waals surface area (Å²) in [5.41, 5.74) is 4.37. The lowest BCUT2D eigenvalue weighted by Crippen LogP contribution is -2.34. The number of rotatable bonds is 3. The number of carboxylic acids is 1. The van der Waals surface area contributed by atoms with Crippen LogP contribution in [-0.2, 0) is 17.8 Å². The van der Waals surface area contributed by atoms with Crippen LogP contribution in [0.4, 0.5) is 0 Å². The van der Waals surface area contributed by atoms with Crippen molar-refractivity contribution in [1.29, 1.82) is 0 Å². The van der Waals surface area contributed by atoms with E-state index in [0.717, 1.165) is 41.9 Å². The Morgan fingerprint density at radius 1 is 1.29 bits per heavy atom. The highest BCUT2D eigenvalue weighted by Gasteiger charge is 2.34. The SMILES string of the molecule is CC(=O)N1CCc2c(c(C3CC3)nn2-c2cccc(C(=O)O)c2)C1. The third kappa shape index (κ3) is 2.48. The van der Waals surface area contributed by atoms with Crippen LogP contribution in [0.5, 0.6) is 0 Å². The lowest BCUT2D eigenvalue weighted by molar-refractivity contribution is -0.129. The van der Waals surface area contributed by atoms with Gasteiger partial charge in [0.05, 0.1) is 22.6 Å². The molecule has 0 atom stereocenters. The van der Waals surface area contributed by atoms with Gasteiger partial charge in [-0.2, -0.15) is 5.10 Å². The molecular weight excluding hydrogens is 306 g/mol. The number of amides is 1. The molecule has 1 fully saturated rings. The first kappa shape index (κ1) is 14.9. The minimum atomic E-state index is -0.942. The van der Waals surface area contributed by atoms with Crippen LogP contribution in [0.2, 0.25) is 0 Å². The normalized spacial score (nSPS) is 16.8. The van der Waals surface area contributed by atoms with E-state index in [-0.39, 0.29) is 11.5 Å². The van der Waals surface area contributed by atoms with E-state index in [1.54, 1.807) is 25.1 Å². The molecule has 1 aliphatic carbocycles. The fourth-order valence-electron chi connectivity index (χ4n) is 3.38. The van der Waals surface area contributed by atoms with Gasteiger partial charge in [0.2, 0.25) is 5.91 Å². The van der Waals surface area contributed by atoms with Gasteiger partial charge in [0.15, 0.2) is 0 Å². The minimum absolute atomic E-state index is 0.0861. The molecule has 1 aliphatic heterocycles. The molecule has 2 heterocycles. The van der Waals surface area contributed by atoms with E-state index in [1.807, 2.05) is 15.6 Å². The van der Waals surface area contributed by atoms with Gasteiger partial charge in [0, 0.05) is 37.9 Å². The first-order chi connectivity index (χ1) is 11.5. The van der Waals surface area contributed by atoms with E-state index < -0.39 is 5.97 Å². The Hall–Kier alpha value is -2.63. The fraction of sp³-hybridized carbons (Fsp3) is 0.389. The number of hydrogen-bond donors (Lipinski definition) is 1. The topological polar surface area (TPSA) is 75.4 Å². The van der Waals surface area contributed by atoms with Gasteiger partial charge in [-0.15, -0.1) is 0 Å². The summed E-state index contributed by atoms with van der Waals surface area (Å²) < 4.78 is 1.88. The summed E-state index contributed by atoms with van der Waals surface area (Å²) in [5, 5.41) is 14.0. The van der Waals surface area contributed by atoms with Gasteiger partial charge in [-0.25, -0.2) is 9.48 Å². The number of carbonyl (C=O) groups excluding carboxylic acids is 1. The molecule has 1 N–H and O–H groups in total. The summed E-state index contributed by atoms with van der Waals surface area (Å²) >= 11 is 0. The molecule has 124 valence electrons. The quantitative estimate of drug-likeness (QED) is 0.940. The number of carbonyl (C=O) groups is 2. The van der Waals surface area contributed by atoms with Crippen molar-refractivity contribution in [3.63, 3.8) is 0 Å². The van der Waals surface area contributed by atoms with E-state index in [9.17, 15) is 14.7 Å². The number of benzene rings is 1. The number of fused-ring (bicyclic) bond motifs is 1. The highest BCUT2D eigenvalue weighted by atomic mass is 16.4. The molecule has 0 radical (unpaired) electrons. The molecule has 1 aromatic heterocycles. The largest absolute Gasteiger partial charge is 0.478 e. The van der Waals surface area contributed by atoms with Crippen molar-refractivity contribution in [2.45, 2.75) is 38.6 Å². The monoisotopic (exact) mass is 325 g/mol. The Balaban J connectivity index is 1.80. The van der Waals surface area contributed by atoms with Gasteiger partial charge in [-0.3, -0.25) is 4.79 Å². The first-order valence-corrected chi connectivity index (χ1v) is 8.24. The lowest BCUT2D eigenvalue weighted by Gasteiger charge is -2.27. The molecule has 0 bridgehead atoms. The molecule has 24 heavy (non-hydrogen) atoms. The molecule has 6 nitrogen and oxygen atoms in total. The van der Waals surface area contributed by atoms with Crippen LogP contribution in [0, 0.1) is 0 Å². The van der Waals surface area contributed by atoms with Crippen LogP contribution < -0.4 is 0 Å². The van der Waals surface area contributed by atoms with Crippen molar-refractivity contribution >= 4 is 11.9 Å². The minimum Gasteiger partial charge on any atom is -0.478 e. The van der Waals surface area contributed by atoms with E-state index in [0.29, 0.717) is 19.0 Å². The number of nitrogens with zero attached hydrogens (tertiary/aromatic N) is 3. The Kier molecular flexibility index (Phi) is 3.40. The number of hydrogen-bond acceptors (Lipinski definition) is 3. The summed E-state index contributed by atoms with van der Waals surface area (Å²) in [6.07, 6.45) is 3.02. The van der Waals surface area contributed by atoms with E-state index in [1.165, 1.54) is 0 Å². The second kappa shape index (κ2) is 5.47. The van der Waals surface area contributed by atoms with Gasteiger partial charge < -0.3 is 10.0 Å². The summed E-state index contributed by atoms with van der Waals surface area (Å²) in [4.78, 5) is 24.8. The van der Waals surface area contributed by atoms with Gasteiger partial charge in [0.1, 0.15) is 0 Å². The number of aromatic carboxylic acids is 1. The third-order valence-electron chi connectivity index (χ3n) is 4.84. The van der Waals surface area contributed by atoms with E-state index >= 15 is 0 Å². The van der Waals surface area contributed by atoms with Crippen molar-refractivity contribution in [2.24, 2.45) is 0 Å². The molecular formula is C18H19N3O3. The fourth-order valence-corrected chi connectivity index (χ4v) is 3.38. The predicted octanol–water partition coefficient (Wildman–Crippen LogP) is 2.35. The lowest BCUT2D eigenvalue weighted by atomic mass is 10.0. The van der Waals surface area contributed by atoms with E-state index in [4.69, 9.17) is 5.10 Å². The van der Waals surface area contributed by atoms with Crippen LogP contribution in [0.25, 0.3) is 5.69 Å². The molecule has 0 spiro atoms. The van der Waals surface area contributed by atoms with Crippen molar-refractivity contribution < 1.29 is 14.7 Å². The zero-order chi connectivity index (χ0) is 16.8. The first-order valence-electron chi connectivity index (χ1n) is 8.24. The van der Waals surface area contributed by atoms with Gasteiger partial charge in [-0.1, -0.05) is 6.07 Å². The second-order valence-corrected chi connectivity index (χ2v) is 6.54. The molecule has 1 amide bonds. The third-order valence-corrected chi connectivity index (χ3v) is 4.84. The summed E-state index contributed by atoms with van der Waals surface area (Å²) in [6.45, 7) is 2.88. The summed E-state index contributed by atoms with van der Waals surface area (Å²) in [6, 6.07) is 6.87. The van der Waals surface area contributed by atoms with Crippen LogP contribution in [0.15, 0.2) is 24.3 Å². The molecule has 0 saturated heterocycles. The smallest absolute Gasteiger partial charge is 0.335 e. The highest BCUT2D eigenvalue weighted by Crippen LogP contribution is 2.43. The standard InChI is InChI=1S/C18H19N3O3/c1-11(22)20-8-7-16-15(10-20)17(12-5-6-12)19-21(16)14-4-2-3-13(9-14)18(23)24/h2-4,9,12H,5-8,10H2,1H3,(H,23,24). The van der Waals surface area contributed by atoms with Crippen molar-refractivity contribution in [3.05, 3.63) is 46.8 Å². The number of aromatic nitrogens is 2. The Morgan fingerprint density at radius 2 is 2.08 bits per heavy atom.